The highest BCUT2D eigenvalue weighted by molar-refractivity contribution is 7.15. The van der Waals surface area contributed by atoms with Gasteiger partial charge in [-0.3, -0.25) is 4.79 Å². The van der Waals surface area contributed by atoms with Gasteiger partial charge < -0.3 is 15.1 Å². The minimum Gasteiger partial charge on any atom is -0.325 e. The first-order valence-electron chi connectivity index (χ1n) is 10.4. The molecule has 0 bridgehead atoms. The van der Waals surface area contributed by atoms with E-state index < -0.39 is 0 Å². The molecule has 1 N–H and O–H groups in total. The van der Waals surface area contributed by atoms with Gasteiger partial charge in [0.25, 0.3) is 0 Å². The van der Waals surface area contributed by atoms with Gasteiger partial charge in [-0.1, -0.05) is 12.1 Å². The fourth-order valence-electron chi connectivity index (χ4n) is 3.99. The van der Waals surface area contributed by atoms with Crippen LogP contribution < -0.4 is 5.32 Å². The normalized spacial score (nSPS) is 17.0. The molecule has 156 valence electrons. The highest BCUT2D eigenvalue weighted by atomic mass is 32.1. The second-order valence-electron chi connectivity index (χ2n) is 7.84. The van der Waals surface area contributed by atoms with Crippen LogP contribution in [0.4, 0.5) is 9.93 Å². The van der Waals surface area contributed by atoms with Crippen LogP contribution in [0.5, 0.6) is 0 Å². The summed E-state index contributed by atoms with van der Waals surface area (Å²) >= 11 is 1.47. The predicted octanol–water partition coefficient (Wildman–Crippen LogP) is 3.47. The van der Waals surface area contributed by atoms with Gasteiger partial charge in [-0.05, 0) is 43.4 Å². The van der Waals surface area contributed by atoms with Gasteiger partial charge >= 0.3 is 6.03 Å². The Morgan fingerprint density at radius 2 is 1.77 bits per heavy atom. The predicted molar refractivity (Wildman–Crippen MR) is 115 cm³/mol. The van der Waals surface area contributed by atoms with E-state index in [2.05, 4.69) is 16.4 Å². The summed E-state index contributed by atoms with van der Waals surface area (Å²) in [4.78, 5) is 34.3. The van der Waals surface area contributed by atoms with Crippen LogP contribution >= 0.6 is 11.3 Å². The zero-order valence-electron chi connectivity index (χ0n) is 16.8. The number of thiazole rings is 1. The lowest BCUT2D eigenvalue weighted by molar-refractivity contribution is -0.121. The molecule has 0 unspecified atom stereocenters. The quantitative estimate of drug-likeness (QED) is 0.815. The van der Waals surface area contributed by atoms with E-state index in [0.717, 1.165) is 42.8 Å². The molecule has 2 aromatic rings. The molecule has 30 heavy (non-hydrogen) atoms. The molecular weight excluding hydrogens is 398 g/mol. The van der Waals surface area contributed by atoms with Crippen LogP contribution in [0.15, 0.2) is 30.5 Å². The second kappa shape index (κ2) is 9.26. The van der Waals surface area contributed by atoms with E-state index in [4.69, 9.17) is 5.26 Å². The molecule has 0 saturated carbocycles. The Bertz CT molecular complexity index is 935. The minimum atomic E-state index is -0.0847. The van der Waals surface area contributed by atoms with Crippen molar-refractivity contribution in [1.29, 1.82) is 5.26 Å². The van der Waals surface area contributed by atoms with Gasteiger partial charge in [-0.25, -0.2) is 9.78 Å². The van der Waals surface area contributed by atoms with Crippen molar-refractivity contribution >= 4 is 28.4 Å². The molecule has 4 rings (SSSR count). The lowest BCUT2D eigenvalue weighted by Gasteiger charge is -2.33. The number of nitrogens with zero attached hydrogens (tertiary/aromatic N) is 4. The van der Waals surface area contributed by atoms with Crippen molar-refractivity contribution in [2.24, 2.45) is 5.92 Å². The van der Waals surface area contributed by atoms with Gasteiger partial charge in [0.05, 0.1) is 11.6 Å². The van der Waals surface area contributed by atoms with Crippen molar-refractivity contribution < 1.29 is 9.59 Å². The van der Waals surface area contributed by atoms with Gasteiger partial charge in [0.2, 0.25) is 5.91 Å². The third-order valence-corrected chi connectivity index (χ3v) is 6.67. The Morgan fingerprint density at radius 3 is 2.43 bits per heavy atom. The number of amides is 3. The number of likely N-dealkylation sites (tertiary alicyclic amines) is 2. The molecule has 1 aromatic carbocycles. The second-order valence-corrected chi connectivity index (χ2v) is 8.96. The Hall–Kier alpha value is -2.92. The fourth-order valence-corrected chi connectivity index (χ4v) is 4.84. The van der Waals surface area contributed by atoms with E-state index in [-0.39, 0.29) is 17.9 Å². The number of carbonyl (C=O) groups is 2. The molecule has 3 heterocycles. The molecule has 3 amide bonds. The van der Waals surface area contributed by atoms with Gasteiger partial charge in [0.1, 0.15) is 0 Å². The molecule has 2 fully saturated rings. The van der Waals surface area contributed by atoms with Crippen LogP contribution in [0.2, 0.25) is 0 Å². The number of aromatic nitrogens is 1. The summed E-state index contributed by atoms with van der Waals surface area (Å²) in [5.74, 6) is -0.0963. The molecule has 2 aliphatic heterocycles. The van der Waals surface area contributed by atoms with Gasteiger partial charge in [-0.15, -0.1) is 11.3 Å². The maximum absolute atomic E-state index is 12.6. The lowest BCUT2D eigenvalue weighted by Crippen LogP contribution is -2.47. The van der Waals surface area contributed by atoms with E-state index in [1.807, 2.05) is 21.9 Å². The summed E-state index contributed by atoms with van der Waals surface area (Å²) in [7, 11) is 0. The average Bonchev–Trinajstić information content (AvgIpc) is 3.46. The van der Waals surface area contributed by atoms with E-state index in [0.29, 0.717) is 36.6 Å². The van der Waals surface area contributed by atoms with E-state index >= 15 is 0 Å². The molecule has 7 nitrogen and oxygen atoms in total. The Morgan fingerprint density at radius 1 is 1.10 bits per heavy atom. The molecule has 0 radical (unpaired) electrons. The van der Waals surface area contributed by atoms with Crippen molar-refractivity contribution in [3.8, 4) is 6.07 Å². The first kappa shape index (κ1) is 20.4. The van der Waals surface area contributed by atoms with E-state index in [1.54, 1.807) is 18.3 Å². The van der Waals surface area contributed by atoms with Crippen molar-refractivity contribution in [3.63, 3.8) is 0 Å². The number of nitriles is 1. The van der Waals surface area contributed by atoms with Crippen molar-refractivity contribution in [2.75, 3.05) is 31.5 Å². The molecule has 2 saturated heterocycles. The zero-order chi connectivity index (χ0) is 20.9. The number of nitrogens with one attached hydrogen (secondary N) is 1. The van der Waals surface area contributed by atoms with Gasteiger partial charge in [-0.2, -0.15) is 5.26 Å². The van der Waals surface area contributed by atoms with E-state index in [1.165, 1.54) is 11.3 Å². The molecule has 0 spiro atoms. The van der Waals surface area contributed by atoms with Crippen LogP contribution in [0.25, 0.3) is 0 Å². The van der Waals surface area contributed by atoms with Gasteiger partial charge in [0.15, 0.2) is 5.13 Å². The smallest absolute Gasteiger partial charge is 0.319 e. The molecule has 2 aliphatic rings. The average molecular weight is 424 g/mol. The first-order chi connectivity index (χ1) is 14.6. The molecule has 0 aliphatic carbocycles. The van der Waals surface area contributed by atoms with Crippen molar-refractivity contribution in [1.82, 2.24) is 14.8 Å². The van der Waals surface area contributed by atoms with E-state index in [9.17, 15) is 9.59 Å². The number of rotatable bonds is 4. The summed E-state index contributed by atoms with van der Waals surface area (Å²) in [5.41, 5.74) is 1.75. The van der Waals surface area contributed by atoms with Crippen LogP contribution in [0, 0.1) is 17.2 Å². The third kappa shape index (κ3) is 4.79. The summed E-state index contributed by atoms with van der Waals surface area (Å²) in [6.07, 6.45) is 6.06. The highest BCUT2D eigenvalue weighted by Crippen LogP contribution is 2.25. The Kier molecular flexibility index (Phi) is 6.29. The maximum atomic E-state index is 12.6. The number of carbonyl (C=O) groups excluding carboxylic acids is 2. The molecular formula is C22H25N5O2S. The summed E-state index contributed by atoms with van der Waals surface area (Å²) in [5, 5.41) is 12.4. The number of anilines is 1. The number of urea groups is 1. The van der Waals surface area contributed by atoms with Crippen LogP contribution in [0.1, 0.15) is 41.7 Å². The number of benzene rings is 1. The van der Waals surface area contributed by atoms with Crippen LogP contribution in [-0.2, 0) is 11.2 Å². The van der Waals surface area contributed by atoms with Crippen LogP contribution in [0.3, 0.4) is 0 Å². The number of hydrogen-bond donors (Lipinski definition) is 1. The maximum Gasteiger partial charge on any atom is 0.319 e. The van der Waals surface area contributed by atoms with Crippen LogP contribution in [-0.4, -0.2) is 52.9 Å². The SMILES string of the molecule is N#Cc1ccc(Cc2cnc(NC(=O)C3CCN(C(=O)N4CCCC4)CC3)s2)cc1. The Balaban J connectivity index is 1.26. The monoisotopic (exact) mass is 423 g/mol. The summed E-state index contributed by atoms with van der Waals surface area (Å²) < 4.78 is 0. The molecule has 0 atom stereocenters. The summed E-state index contributed by atoms with van der Waals surface area (Å²) in [6, 6.07) is 9.73. The fraction of sp³-hybridized carbons (Fsp3) is 0.455. The summed E-state index contributed by atoms with van der Waals surface area (Å²) in [6.45, 7) is 2.98. The molecule has 1 aromatic heterocycles. The zero-order valence-corrected chi connectivity index (χ0v) is 17.7. The van der Waals surface area contributed by atoms with Gasteiger partial charge in [0, 0.05) is 49.6 Å². The largest absolute Gasteiger partial charge is 0.325 e. The third-order valence-electron chi connectivity index (χ3n) is 5.76. The standard InChI is InChI=1S/C22H25N5O2S/c23-14-17-5-3-16(4-6-17)13-19-15-24-21(30-19)25-20(28)18-7-11-27(12-8-18)22(29)26-9-1-2-10-26/h3-6,15,18H,1-2,7-13H2,(H,24,25,28). The lowest BCUT2D eigenvalue weighted by atomic mass is 9.96. The number of hydrogen-bond acceptors (Lipinski definition) is 5. The topological polar surface area (TPSA) is 89.3 Å². The van der Waals surface area contributed by atoms with Crippen molar-refractivity contribution in [3.05, 3.63) is 46.5 Å². The highest BCUT2D eigenvalue weighted by Gasteiger charge is 2.30. The van der Waals surface area contributed by atoms with Crippen molar-refractivity contribution in [2.45, 2.75) is 32.1 Å². The minimum absolute atomic E-state index is 0.0115. The molecule has 8 heteroatoms. The first-order valence-corrected chi connectivity index (χ1v) is 11.2. The Labute approximate surface area is 180 Å². The number of piperidine rings is 1.